The van der Waals surface area contributed by atoms with Crippen molar-refractivity contribution >= 4 is 38.9 Å². The van der Waals surface area contributed by atoms with Gasteiger partial charge < -0.3 is 10.1 Å². The van der Waals surface area contributed by atoms with Gasteiger partial charge in [-0.1, -0.05) is 27.5 Å². The van der Waals surface area contributed by atoms with Crippen molar-refractivity contribution in [2.45, 2.75) is 13.2 Å². The monoisotopic (exact) mass is 464 g/mol. The average molecular weight is 466 g/mol. The van der Waals surface area contributed by atoms with E-state index >= 15 is 0 Å². The lowest BCUT2D eigenvalue weighted by molar-refractivity contribution is -0.384. The second kappa shape index (κ2) is 9.03. The zero-order chi connectivity index (χ0) is 20.1. The van der Waals surface area contributed by atoms with Gasteiger partial charge in [0.25, 0.3) is 5.69 Å². The van der Waals surface area contributed by atoms with E-state index in [4.69, 9.17) is 16.3 Å². The number of nitrogens with one attached hydrogen (secondary N) is 1. The molecule has 1 N–H and O–H groups in total. The molecule has 28 heavy (non-hydrogen) atoms. The molecule has 0 saturated carbocycles. The van der Waals surface area contributed by atoms with Crippen molar-refractivity contribution in [3.8, 4) is 5.75 Å². The predicted molar refractivity (Wildman–Crippen MR) is 110 cm³/mol. The van der Waals surface area contributed by atoms with Gasteiger partial charge in [-0.15, -0.1) is 0 Å². The van der Waals surface area contributed by atoms with Crippen LogP contribution < -0.4 is 10.1 Å². The van der Waals surface area contributed by atoms with E-state index in [0.29, 0.717) is 18.0 Å². The van der Waals surface area contributed by atoms with Crippen LogP contribution in [-0.4, -0.2) is 4.92 Å². The highest BCUT2D eigenvalue weighted by atomic mass is 79.9. The Morgan fingerprint density at radius 1 is 1.11 bits per heavy atom. The topological polar surface area (TPSA) is 64.4 Å². The van der Waals surface area contributed by atoms with Crippen molar-refractivity contribution in [2.24, 2.45) is 0 Å². The molecule has 5 nitrogen and oxygen atoms in total. The molecule has 0 aliphatic rings. The van der Waals surface area contributed by atoms with Gasteiger partial charge in [0, 0.05) is 34.4 Å². The first-order valence-corrected chi connectivity index (χ1v) is 9.43. The third-order valence-electron chi connectivity index (χ3n) is 3.97. The van der Waals surface area contributed by atoms with Gasteiger partial charge >= 0.3 is 0 Å². The molecule has 0 atom stereocenters. The number of hydrogen-bond acceptors (Lipinski definition) is 4. The van der Waals surface area contributed by atoms with Gasteiger partial charge in [0.1, 0.15) is 18.2 Å². The number of anilines is 1. The van der Waals surface area contributed by atoms with Crippen LogP contribution in [0.1, 0.15) is 11.1 Å². The molecule has 0 aliphatic heterocycles. The van der Waals surface area contributed by atoms with Crippen LogP contribution in [0.2, 0.25) is 5.02 Å². The summed E-state index contributed by atoms with van der Waals surface area (Å²) in [6, 6.07) is 16.3. The molecule has 0 saturated heterocycles. The molecule has 144 valence electrons. The summed E-state index contributed by atoms with van der Waals surface area (Å²) in [6.07, 6.45) is 0. The number of halogens is 3. The van der Waals surface area contributed by atoms with Gasteiger partial charge in [-0.3, -0.25) is 10.1 Å². The summed E-state index contributed by atoms with van der Waals surface area (Å²) in [5.41, 5.74) is 2.43. The molecule has 3 aromatic carbocycles. The summed E-state index contributed by atoms with van der Waals surface area (Å²) >= 11 is 9.25. The van der Waals surface area contributed by atoms with Gasteiger partial charge in [0.2, 0.25) is 0 Å². The van der Waals surface area contributed by atoms with Crippen LogP contribution in [-0.2, 0) is 13.2 Å². The minimum absolute atomic E-state index is 0.0373. The maximum atomic E-state index is 13.3. The standard InChI is InChI=1S/C20H15BrClFN2O3/c21-15-3-8-20(28-12-13-1-5-17(6-2-13)25(26)27)14(9-15)11-24-16-4-7-19(23)18(22)10-16/h1-10,24H,11-12H2. The zero-order valence-electron chi connectivity index (χ0n) is 14.5. The number of rotatable bonds is 7. The van der Waals surface area contributed by atoms with Crippen molar-refractivity contribution in [1.82, 2.24) is 0 Å². The van der Waals surface area contributed by atoms with Gasteiger partial charge in [-0.25, -0.2) is 4.39 Å². The quantitative estimate of drug-likeness (QED) is 0.326. The third-order valence-corrected chi connectivity index (χ3v) is 4.75. The first-order chi connectivity index (χ1) is 13.4. The van der Waals surface area contributed by atoms with E-state index in [1.165, 1.54) is 24.3 Å². The Balaban J connectivity index is 1.69. The van der Waals surface area contributed by atoms with Crippen LogP contribution in [0.4, 0.5) is 15.8 Å². The summed E-state index contributed by atoms with van der Waals surface area (Å²) in [6.45, 7) is 0.714. The van der Waals surface area contributed by atoms with Crippen molar-refractivity contribution in [3.05, 3.63) is 97.2 Å². The molecule has 0 bridgehead atoms. The smallest absolute Gasteiger partial charge is 0.269 e. The first kappa shape index (κ1) is 20.1. The number of nitro groups is 1. The van der Waals surface area contributed by atoms with Crippen LogP contribution in [0.5, 0.6) is 5.75 Å². The molecule has 0 unspecified atom stereocenters. The molecule has 8 heteroatoms. The number of ether oxygens (including phenoxy) is 1. The molecule has 0 spiro atoms. The minimum atomic E-state index is -0.471. The molecular formula is C20H15BrClFN2O3. The molecule has 0 aromatic heterocycles. The molecule has 3 aromatic rings. The fourth-order valence-corrected chi connectivity index (χ4v) is 3.09. The summed E-state index contributed by atoms with van der Waals surface area (Å²) in [7, 11) is 0. The van der Waals surface area contributed by atoms with Gasteiger partial charge in [0.15, 0.2) is 0 Å². The molecular weight excluding hydrogens is 451 g/mol. The number of hydrogen-bond donors (Lipinski definition) is 1. The Labute approximate surface area is 174 Å². The Morgan fingerprint density at radius 2 is 1.86 bits per heavy atom. The summed E-state index contributed by atoms with van der Waals surface area (Å²) in [5.74, 6) is 0.198. The number of nitro benzene ring substituents is 1. The van der Waals surface area contributed by atoms with E-state index in [0.717, 1.165) is 15.6 Å². The molecule has 3 rings (SSSR count). The lowest BCUT2D eigenvalue weighted by Crippen LogP contribution is -2.04. The Morgan fingerprint density at radius 3 is 2.54 bits per heavy atom. The van der Waals surface area contributed by atoms with Crippen LogP contribution in [0.3, 0.4) is 0 Å². The lowest BCUT2D eigenvalue weighted by Gasteiger charge is -2.14. The normalized spacial score (nSPS) is 10.5. The highest BCUT2D eigenvalue weighted by Gasteiger charge is 2.08. The number of benzene rings is 3. The van der Waals surface area contributed by atoms with Crippen molar-refractivity contribution in [1.29, 1.82) is 0 Å². The largest absolute Gasteiger partial charge is 0.489 e. The Hall–Kier alpha value is -2.64. The van der Waals surface area contributed by atoms with E-state index in [9.17, 15) is 14.5 Å². The van der Waals surface area contributed by atoms with Crippen molar-refractivity contribution in [2.75, 3.05) is 5.32 Å². The van der Waals surface area contributed by atoms with Crippen LogP contribution in [0.25, 0.3) is 0 Å². The molecule has 0 amide bonds. The number of nitrogens with zero attached hydrogens (tertiary/aromatic N) is 1. The highest BCUT2D eigenvalue weighted by Crippen LogP contribution is 2.26. The lowest BCUT2D eigenvalue weighted by atomic mass is 10.2. The average Bonchev–Trinajstić information content (AvgIpc) is 2.68. The van der Waals surface area contributed by atoms with Crippen LogP contribution in [0, 0.1) is 15.9 Å². The predicted octanol–water partition coefficient (Wildman–Crippen LogP) is 6.34. The second-order valence-electron chi connectivity index (χ2n) is 5.95. The maximum Gasteiger partial charge on any atom is 0.269 e. The van der Waals surface area contributed by atoms with Gasteiger partial charge in [-0.2, -0.15) is 0 Å². The second-order valence-corrected chi connectivity index (χ2v) is 7.27. The van der Waals surface area contributed by atoms with Gasteiger partial charge in [0.05, 0.1) is 9.95 Å². The van der Waals surface area contributed by atoms with E-state index in [1.54, 1.807) is 18.2 Å². The third kappa shape index (κ3) is 5.21. The molecule has 0 fully saturated rings. The molecule has 0 aliphatic carbocycles. The fourth-order valence-electron chi connectivity index (χ4n) is 2.51. The maximum absolute atomic E-state index is 13.3. The summed E-state index contributed by atoms with van der Waals surface area (Å²) < 4.78 is 20.1. The summed E-state index contributed by atoms with van der Waals surface area (Å²) in [4.78, 5) is 10.3. The van der Waals surface area contributed by atoms with E-state index < -0.39 is 10.7 Å². The van der Waals surface area contributed by atoms with Crippen LogP contribution in [0.15, 0.2) is 65.1 Å². The van der Waals surface area contributed by atoms with Crippen molar-refractivity contribution < 1.29 is 14.1 Å². The Bertz CT molecular complexity index is 999. The minimum Gasteiger partial charge on any atom is -0.489 e. The summed E-state index contributed by atoms with van der Waals surface area (Å²) in [5, 5.41) is 14.0. The first-order valence-electron chi connectivity index (χ1n) is 8.26. The zero-order valence-corrected chi connectivity index (χ0v) is 16.8. The molecule has 0 heterocycles. The fraction of sp³-hybridized carbons (Fsp3) is 0.100. The van der Waals surface area contributed by atoms with Crippen LogP contribution >= 0.6 is 27.5 Å². The van der Waals surface area contributed by atoms with E-state index in [1.807, 2.05) is 18.2 Å². The molecule has 0 radical (unpaired) electrons. The van der Waals surface area contributed by atoms with E-state index in [-0.39, 0.29) is 17.3 Å². The Kier molecular flexibility index (Phi) is 6.49. The van der Waals surface area contributed by atoms with Gasteiger partial charge in [-0.05, 0) is 54.1 Å². The highest BCUT2D eigenvalue weighted by molar-refractivity contribution is 9.10. The van der Waals surface area contributed by atoms with Crippen molar-refractivity contribution in [3.63, 3.8) is 0 Å². The van der Waals surface area contributed by atoms with E-state index in [2.05, 4.69) is 21.2 Å². The SMILES string of the molecule is O=[N+]([O-])c1ccc(COc2ccc(Br)cc2CNc2ccc(F)c(Cl)c2)cc1. The number of non-ortho nitro benzene ring substituents is 1.